The maximum Gasteiger partial charge on any atom is 0.224 e. The molecule has 1 N–H and O–H groups in total. The summed E-state index contributed by atoms with van der Waals surface area (Å²) in [6, 6.07) is 6.01. The van der Waals surface area contributed by atoms with E-state index in [-0.39, 0.29) is 5.91 Å². The molecule has 2 nitrogen and oxygen atoms in total. The number of amides is 1. The number of anilines is 1. The smallest absolute Gasteiger partial charge is 0.224 e. The molecule has 0 spiro atoms. The van der Waals surface area contributed by atoms with E-state index < -0.39 is 0 Å². The lowest BCUT2D eigenvalue weighted by molar-refractivity contribution is -0.116. The third-order valence-corrected chi connectivity index (χ3v) is 4.59. The van der Waals surface area contributed by atoms with Gasteiger partial charge in [-0.1, -0.05) is 38.2 Å². The molecule has 1 aliphatic carbocycles. The van der Waals surface area contributed by atoms with E-state index in [1.54, 1.807) is 0 Å². The molecule has 0 aromatic heterocycles. The summed E-state index contributed by atoms with van der Waals surface area (Å²) >= 11 is 3.47. The van der Waals surface area contributed by atoms with Crippen LogP contribution in [0.15, 0.2) is 22.7 Å². The monoisotopic (exact) mass is 323 g/mol. The molecule has 0 bridgehead atoms. The maximum absolute atomic E-state index is 12.0. The second-order valence-electron chi connectivity index (χ2n) is 5.57. The summed E-state index contributed by atoms with van der Waals surface area (Å²) in [7, 11) is 0. The second kappa shape index (κ2) is 7.09. The highest BCUT2D eigenvalue weighted by Gasteiger charge is 2.15. The van der Waals surface area contributed by atoms with Gasteiger partial charge in [0.1, 0.15) is 0 Å². The largest absolute Gasteiger partial charge is 0.325 e. The Hall–Kier alpha value is -0.830. The highest BCUT2D eigenvalue weighted by atomic mass is 79.9. The summed E-state index contributed by atoms with van der Waals surface area (Å²) in [5, 5.41) is 3.00. The average molecular weight is 324 g/mol. The maximum atomic E-state index is 12.0. The molecule has 0 aliphatic heterocycles. The molecule has 1 saturated carbocycles. The summed E-state index contributed by atoms with van der Waals surface area (Å²) in [6.07, 6.45) is 8.35. The van der Waals surface area contributed by atoms with Crippen LogP contribution in [0.1, 0.15) is 50.5 Å². The van der Waals surface area contributed by atoms with Crippen LogP contribution < -0.4 is 5.32 Å². The Bertz CT molecular complexity index is 438. The molecule has 3 heteroatoms. The quantitative estimate of drug-likeness (QED) is 0.824. The summed E-state index contributed by atoms with van der Waals surface area (Å²) in [4.78, 5) is 12.0. The van der Waals surface area contributed by atoms with Gasteiger partial charge in [-0.2, -0.15) is 0 Å². The van der Waals surface area contributed by atoms with E-state index in [9.17, 15) is 4.79 Å². The molecule has 1 aromatic carbocycles. The van der Waals surface area contributed by atoms with E-state index >= 15 is 0 Å². The molecule has 19 heavy (non-hydrogen) atoms. The normalized spacial score (nSPS) is 16.3. The number of hydrogen-bond acceptors (Lipinski definition) is 1. The van der Waals surface area contributed by atoms with Gasteiger partial charge >= 0.3 is 0 Å². The number of halogens is 1. The Balaban J connectivity index is 1.81. The molecular weight excluding hydrogens is 302 g/mol. The first-order chi connectivity index (χ1) is 9.15. The lowest BCUT2D eigenvalue weighted by atomic mass is 9.86. The lowest BCUT2D eigenvalue weighted by Crippen LogP contribution is -2.15. The van der Waals surface area contributed by atoms with Crippen molar-refractivity contribution in [2.45, 2.75) is 51.9 Å². The predicted molar refractivity (Wildman–Crippen MR) is 83.3 cm³/mol. The fourth-order valence-electron chi connectivity index (χ4n) is 2.76. The Kier molecular flexibility index (Phi) is 5.44. The van der Waals surface area contributed by atoms with Crippen molar-refractivity contribution in [1.82, 2.24) is 0 Å². The van der Waals surface area contributed by atoms with Crippen molar-refractivity contribution >= 4 is 27.5 Å². The van der Waals surface area contributed by atoms with Crippen LogP contribution in [0, 0.1) is 12.8 Å². The van der Waals surface area contributed by atoms with Crippen molar-refractivity contribution in [3.63, 3.8) is 0 Å². The van der Waals surface area contributed by atoms with Crippen molar-refractivity contribution < 1.29 is 4.79 Å². The van der Waals surface area contributed by atoms with E-state index in [0.717, 1.165) is 28.1 Å². The van der Waals surface area contributed by atoms with Crippen LogP contribution in [0.3, 0.4) is 0 Å². The fraction of sp³-hybridized carbons (Fsp3) is 0.562. The number of aryl methyl sites for hydroxylation is 1. The van der Waals surface area contributed by atoms with E-state index in [4.69, 9.17) is 0 Å². The van der Waals surface area contributed by atoms with Gasteiger partial charge in [-0.3, -0.25) is 4.79 Å². The second-order valence-corrected chi connectivity index (χ2v) is 6.43. The number of rotatable bonds is 4. The molecule has 0 saturated heterocycles. The summed E-state index contributed by atoms with van der Waals surface area (Å²) < 4.78 is 0.948. The molecule has 0 heterocycles. The molecule has 2 rings (SSSR count). The minimum absolute atomic E-state index is 0.136. The van der Waals surface area contributed by atoms with Gasteiger partial charge in [0.15, 0.2) is 0 Å². The van der Waals surface area contributed by atoms with E-state index in [0.29, 0.717) is 6.42 Å². The summed E-state index contributed by atoms with van der Waals surface area (Å²) in [5.74, 6) is 0.900. The molecule has 0 atom stereocenters. The Morgan fingerprint density at radius 3 is 2.79 bits per heavy atom. The van der Waals surface area contributed by atoms with Gasteiger partial charge in [0, 0.05) is 10.9 Å². The Morgan fingerprint density at radius 2 is 2.05 bits per heavy atom. The van der Waals surface area contributed by atoms with Gasteiger partial charge in [0.05, 0.1) is 5.69 Å². The first-order valence-corrected chi connectivity index (χ1v) is 8.00. The molecule has 1 aliphatic rings. The van der Waals surface area contributed by atoms with Crippen LogP contribution in [-0.4, -0.2) is 5.91 Å². The van der Waals surface area contributed by atoms with Crippen molar-refractivity contribution in [2.75, 3.05) is 5.32 Å². The minimum Gasteiger partial charge on any atom is -0.325 e. The van der Waals surface area contributed by atoms with Crippen LogP contribution in [0.5, 0.6) is 0 Å². The highest BCUT2D eigenvalue weighted by molar-refractivity contribution is 9.10. The molecular formula is C16H22BrNO. The van der Waals surface area contributed by atoms with Crippen LogP contribution in [0.4, 0.5) is 5.69 Å². The predicted octanol–water partition coefficient (Wildman–Crippen LogP) is 5.06. The molecule has 0 unspecified atom stereocenters. The molecule has 0 radical (unpaired) electrons. The zero-order valence-electron chi connectivity index (χ0n) is 11.5. The zero-order valence-corrected chi connectivity index (χ0v) is 13.1. The van der Waals surface area contributed by atoms with Crippen molar-refractivity contribution in [3.8, 4) is 0 Å². The third-order valence-electron chi connectivity index (χ3n) is 3.90. The van der Waals surface area contributed by atoms with Crippen molar-refractivity contribution in [2.24, 2.45) is 5.92 Å². The summed E-state index contributed by atoms with van der Waals surface area (Å²) in [6.45, 7) is 2.03. The number of nitrogens with one attached hydrogen (secondary N) is 1. The first-order valence-electron chi connectivity index (χ1n) is 7.21. The van der Waals surface area contributed by atoms with Gasteiger partial charge in [0.25, 0.3) is 0 Å². The first kappa shape index (κ1) is 14.6. The Morgan fingerprint density at radius 1 is 1.32 bits per heavy atom. The minimum atomic E-state index is 0.136. The Labute approximate surface area is 124 Å². The summed E-state index contributed by atoms with van der Waals surface area (Å²) in [5.41, 5.74) is 2.04. The molecule has 1 amide bonds. The van der Waals surface area contributed by atoms with E-state index in [2.05, 4.69) is 21.2 Å². The lowest BCUT2D eigenvalue weighted by Gasteiger charge is -2.21. The average Bonchev–Trinajstić information content (AvgIpc) is 2.42. The van der Waals surface area contributed by atoms with Crippen LogP contribution in [0.25, 0.3) is 0 Å². The fourth-order valence-corrected chi connectivity index (χ4v) is 3.10. The topological polar surface area (TPSA) is 29.1 Å². The SMILES string of the molecule is Cc1ccc(Br)c(NC(=O)CCC2CCCCC2)c1. The van der Waals surface area contributed by atoms with E-state index in [1.807, 2.05) is 25.1 Å². The van der Waals surface area contributed by atoms with E-state index in [1.165, 1.54) is 32.1 Å². The van der Waals surface area contributed by atoms with Gasteiger partial charge in [-0.05, 0) is 52.9 Å². The number of carbonyl (C=O) groups excluding carboxylic acids is 1. The number of benzene rings is 1. The van der Waals surface area contributed by atoms with Crippen molar-refractivity contribution in [3.05, 3.63) is 28.2 Å². The van der Waals surface area contributed by atoms with Gasteiger partial charge in [0.2, 0.25) is 5.91 Å². The molecule has 1 fully saturated rings. The zero-order chi connectivity index (χ0) is 13.7. The highest BCUT2D eigenvalue weighted by Crippen LogP contribution is 2.28. The van der Waals surface area contributed by atoms with Crippen LogP contribution >= 0.6 is 15.9 Å². The molecule has 1 aromatic rings. The van der Waals surface area contributed by atoms with Gasteiger partial charge in [-0.15, -0.1) is 0 Å². The third kappa shape index (κ3) is 4.64. The van der Waals surface area contributed by atoms with Crippen molar-refractivity contribution in [1.29, 1.82) is 0 Å². The number of carbonyl (C=O) groups is 1. The van der Waals surface area contributed by atoms with Crippen LogP contribution in [0.2, 0.25) is 0 Å². The van der Waals surface area contributed by atoms with Crippen LogP contribution in [-0.2, 0) is 4.79 Å². The van der Waals surface area contributed by atoms with Gasteiger partial charge in [-0.25, -0.2) is 0 Å². The number of hydrogen-bond donors (Lipinski definition) is 1. The molecule has 104 valence electrons. The van der Waals surface area contributed by atoms with Gasteiger partial charge < -0.3 is 5.32 Å². The standard InChI is InChI=1S/C16H22BrNO/c1-12-7-9-14(17)15(11-12)18-16(19)10-8-13-5-3-2-4-6-13/h7,9,11,13H,2-6,8,10H2,1H3,(H,18,19).